The number of carbonyl (C=O) groups is 1. The average molecular weight is 561 g/mol. The van der Waals surface area contributed by atoms with Gasteiger partial charge in [-0.1, -0.05) is 30.3 Å². The molecule has 4 rings (SSSR count). The Morgan fingerprint density at radius 1 is 1.15 bits per heavy atom. The van der Waals surface area contributed by atoms with Crippen LogP contribution in [0.15, 0.2) is 66.2 Å². The molecule has 33 heavy (non-hydrogen) atoms. The molecule has 0 bridgehead atoms. The lowest BCUT2D eigenvalue weighted by molar-refractivity contribution is -0.118. The minimum atomic E-state index is -0.821. The molecule has 0 aliphatic heterocycles. The SMILES string of the molecule is O=C(NCCO)C1=C[C@H](Oc2ccccc2I)[C@@H](O)[C@H](NCCc2cc3ccccc3[nH]2)C1. The quantitative estimate of drug-likeness (QED) is 0.258. The van der Waals surface area contributed by atoms with Crippen LogP contribution in [0.1, 0.15) is 12.1 Å². The van der Waals surface area contributed by atoms with Crippen molar-refractivity contribution in [2.45, 2.75) is 31.1 Å². The highest BCUT2D eigenvalue weighted by molar-refractivity contribution is 14.1. The summed E-state index contributed by atoms with van der Waals surface area (Å²) in [5.41, 5.74) is 2.74. The van der Waals surface area contributed by atoms with Crippen LogP contribution in [0, 0.1) is 3.57 Å². The maximum absolute atomic E-state index is 12.6. The van der Waals surface area contributed by atoms with E-state index in [1.807, 2.05) is 42.5 Å². The molecule has 2 aromatic carbocycles. The van der Waals surface area contributed by atoms with Gasteiger partial charge in [0.2, 0.25) is 5.91 Å². The van der Waals surface area contributed by atoms with Crippen molar-refractivity contribution in [3.63, 3.8) is 0 Å². The van der Waals surface area contributed by atoms with Crippen LogP contribution in [-0.4, -0.2) is 59.1 Å². The molecular weight excluding hydrogens is 533 g/mol. The van der Waals surface area contributed by atoms with E-state index < -0.39 is 12.2 Å². The molecule has 0 spiro atoms. The Labute approximate surface area is 206 Å². The number of rotatable bonds is 9. The topological polar surface area (TPSA) is 107 Å². The summed E-state index contributed by atoms with van der Waals surface area (Å²) in [6.45, 7) is 0.685. The summed E-state index contributed by atoms with van der Waals surface area (Å²) in [5.74, 6) is 0.405. The van der Waals surface area contributed by atoms with E-state index in [0.717, 1.165) is 21.2 Å². The van der Waals surface area contributed by atoms with E-state index in [-0.39, 0.29) is 25.1 Å². The zero-order valence-electron chi connectivity index (χ0n) is 18.1. The van der Waals surface area contributed by atoms with Gasteiger partial charge in [-0.3, -0.25) is 4.79 Å². The van der Waals surface area contributed by atoms with Crippen molar-refractivity contribution < 1.29 is 19.7 Å². The molecule has 3 aromatic rings. The molecule has 0 radical (unpaired) electrons. The zero-order valence-corrected chi connectivity index (χ0v) is 20.3. The number of hydrogen-bond acceptors (Lipinski definition) is 5. The molecule has 1 aliphatic carbocycles. The zero-order chi connectivity index (χ0) is 23.2. The maximum atomic E-state index is 12.6. The third-order valence-corrected chi connectivity index (χ3v) is 6.62. The number of fused-ring (bicyclic) bond motifs is 1. The van der Waals surface area contributed by atoms with Crippen molar-refractivity contribution in [3.8, 4) is 5.75 Å². The van der Waals surface area contributed by atoms with Gasteiger partial charge in [-0.25, -0.2) is 0 Å². The first-order valence-electron chi connectivity index (χ1n) is 11.0. The van der Waals surface area contributed by atoms with Gasteiger partial charge in [-0.15, -0.1) is 0 Å². The first kappa shape index (κ1) is 23.7. The van der Waals surface area contributed by atoms with E-state index >= 15 is 0 Å². The largest absolute Gasteiger partial charge is 0.482 e. The smallest absolute Gasteiger partial charge is 0.247 e. The van der Waals surface area contributed by atoms with Crippen molar-refractivity contribution in [1.29, 1.82) is 0 Å². The summed E-state index contributed by atoms with van der Waals surface area (Å²) in [7, 11) is 0. The molecule has 0 fully saturated rings. The van der Waals surface area contributed by atoms with Crippen LogP contribution in [0.25, 0.3) is 10.9 Å². The van der Waals surface area contributed by atoms with Gasteiger partial charge in [0.15, 0.2) is 0 Å². The highest BCUT2D eigenvalue weighted by Crippen LogP contribution is 2.27. The number of nitrogens with one attached hydrogen (secondary N) is 3. The van der Waals surface area contributed by atoms with Crippen molar-refractivity contribution >= 4 is 39.4 Å². The predicted octanol–water partition coefficient (Wildman–Crippen LogP) is 2.52. The van der Waals surface area contributed by atoms with E-state index in [9.17, 15) is 9.90 Å². The number of amides is 1. The molecule has 1 aliphatic rings. The van der Waals surface area contributed by atoms with Crippen LogP contribution >= 0.6 is 22.6 Å². The third-order valence-electron chi connectivity index (χ3n) is 5.73. The highest BCUT2D eigenvalue weighted by atomic mass is 127. The van der Waals surface area contributed by atoms with Crippen molar-refractivity contribution in [1.82, 2.24) is 15.6 Å². The predicted molar refractivity (Wildman–Crippen MR) is 136 cm³/mol. The number of halogens is 1. The Balaban J connectivity index is 1.45. The van der Waals surface area contributed by atoms with Crippen molar-refractivity contribution in [3.05, 3.63) is 75.5 Å². The number of carbonyl (C=O) groups excluding carboxylic acids is 1. The molecule has 0 saturated carbocycles. The third kappa shape index (κ3) is 5.94. The molecule has 1 amide bonds. The molecular formula is C25H28IN3O4. The molecule has 174 valence electrons. The number of aromatic nitrogens is 1. The summed E-state index contributed by atoms with van der Waals surface area (Å²) in [6.07, 6.45) is 1.33. The summed E-state index contributed by atoms with van der Waals surface area (Å²) in [5, 5.41) is 27.4. The maximum Gasteiger partial charge on any atom is 0.247 e. The van der Waals surface area contributed by atoms with Crippen molar-refractivity contribution in [2.75, 3.05) is 19.7 Å². The molecule has 3 atom stereocenters. The van der Waals surface area contributed by atoms with Gasteiger partial charge in [0.05, 0.1) is 10.2 Å². The van der Waals surface area contributed by atoms with Gasteiger partial charge in [0.25, 0.3) is 0 Å². The second-order valence-corrected chi connectivity index (χ2v) is 9.23. The Morgan fingerprint density at radius 2 is 1.94 bits per heavy atom. The molecule has 7 nitrogen and oxygen atoms in total. The fourth-order valence-electron chi connectivity index (χ4n) is 4.05. The molecule has 1 heterocycles. The number of benzene rings is 2. The van der Waals surface area contributed by atoms with E-state index in [1.54, 1.807) is 6.08 Å². The van der Waals surface area contributed by atoms with Crippen LogP contribution in [-0.2, 0) is 11.2 Å². The summed E-state index contributed by atoms with van der Waals surface area (Å²) in [6, 6.07) is 17.5. The van der Waals surface area contributed by atoms with E-state index in [1.165, 1.54) is 5.39 Å². The number of hydrogen-bond donors (Lipinski definition) is 5. The summed E-state index contributed by atoms with van der Waals surface area (Å²) >= 11 is 2.19. The van der Waals surface area contributed by atoms with Gasteiger partial charge in [-0.2, -0.15) is 0 Å². The number of H-pyrrole nitrogens is 1. The fourth-order valence-corrected chi connectivity index (χ4v) is 4.56. The highest BCUT2D eigenvalue weighted by Gasteiger charge is 2.35. The molecule has 0 saturated heterocycles. The Morgan fingerprint density at radius 3 is 2.73 bits per heavy atom. The Hall–Kier alpha value is -2.40. The van der Waals surface area contributed by atoms with E-state index in [2.05, 4.69) is 50.3 Å². The lowest BCUT2D eigenvalue weighted by Gasteiger charge is -2.34. The Kier molecular flexibility index (Phi) is 8.02. The average Bonchev–Trinajstić information content (AvgIpc) is 3.24. The minimum absolute atomic E-state index is 0.129. The van der Waals surface area contributed by atoms with E-state index in [0.29, 0.717) is 24.3 Å². The molecule has 1 aromatic heterocycles. The standard InChI is InChI=1S/C25H28IN3O4/c26-19-6-2-4-8-22(19)33-23-15-17(25(32)28-11-12-30)14-21(24(23)31)27-10-9-18-13-16-5-1-3-7-20(16)29-18/h1-8,13,15,21,23-24,27,29-31H,9-12,14H2,(H,28,32)/t21-,23+,24+/m1/s1. The molecule has 8 heteroatoms. The van der Waals surface area contributed by atoms with Gasteiger partial charge < -0.3 is 30.6 Å². The number of ether oxygens (including phenoxy) is 1. The monoisotopic (exact) mass is 561 g/mol. The number of para-hydroxylation sites is 2. The first-order chi connectivity index (χ1) is 16.0. The van der Waals surface area contributed by atoms with Gasteiger partial charge in [0, 0.05) is 35.9 Å². The lowest BCUT2D eigenvalue weighted by Crippen LogP contribution is -2.52. The van der Waals surface area contributed by atoms with Crippen LogP contribution in [0.2, 0.25) is 0 Å². The van der Waals surface area contributed by atoms with Crippen LogP contribution in [0.3, 0.4) is 0 Å². The number of aliphatic hydroxyl groups excluding tert-OH is 2. The van der Waals surface area contributed by atoms with Gasteiger partial charge >= 0.3 is 0 Å². The van der Waals surface area contributed by atoms with Gasteiger partial charge in [-0.05, 0) is 71.2 Å². The van der Waals surface area contributed by atoms with Gasteiger partial charge in [0.1, 0.15) is 18.0 Å². The second-order valence-electron chi connectivity index (χ2n) is 8.07. The molecule has 0 unspecified atom stereocenters. The van der Waals surface area contributed by atoms with Crippen LogP contribution in [0.5, 0.6) is 5.75 Å². The Bertz CT molecular complexity index is 1100. The van der Waals surface area contributed by atoms with Crippen LogP contribution < -0.4 is 15.4 Å². The van der Waals surface area contributed by atoms with Crippen LogP contribution in [0.4, 0.5) is 0 Å². The second kappa shape index (κ2) is 11.1. The summed E-state index contributed by atoms with van der Waals surface area (Å²) < 4.78 is 7.04. The number of aromatic amines is 1. The normalized spacial score (nSPS) is 20.5. The lowest BCUT2D eigenvalue weighted by atomic mass is 9.89. The fraction of sp³-hybridized carbons (Fsp3) is 0.320. The first-order valence-corrected chi connectivity index (χ1v) is 12.1. The minimum Gasteiger partial charge on any atom is -0.482 e. The number of aliphatic hydroxyl groups is 2. The van der Waals surface area contributed by atoms with Crippen molar-refractivity contribution in [2.24, 2.45) is 0 Å². The summed E-state index contributed by atoms with van der Waals surface area (Å²) in [4.78, 5) is 16.0. The van der Waals surface area contributed by atoms with E-state index in [4.69, 9.17) is 9.84 Å². The molecule has 5 N–H and O–H groups in total.